The molecule has 0 atom stereocenters. The third-order valence-electron chi connectivity index (χ3n) is 2.99. The number of aliphatic imine (C=N–C) groups is 1. The van der Waals surface area contributed by atoms with E-state index in [4.69, 9.17) is 0 Å². The van der Waals surface area contributed by atoms with Gasteiger partial charge in [-0.2, -0.15) is 5.10 Å². The number of nitrogens with one attached hydrogen (secondary N) is 1. The van der Waals surface area contributed by atoms with Crippen molar-refractivity contribution in [3.63, 3.8) is 0 Å². The maximum Gasteiger partial charge on any atom is 0.194 e. The predicted octanol–water partition coefficient (Wildman–Crippen LogP) is 1.39. The van der Waals surface area contributed by atoms with Crippen molar-refractivity contribution in [2.45, 2.75) is 20.0 Å². The molecule has 0 spiro atoms. The van der Waals surface area contributed by atoms with E-state index in [-0.39, 0.29) is 0 Å². The van der Waals surface area contributed by atoms with Crippen molar-refractivity contribution in [2.75, 3.05) is 14.1 Å². The number of aromatic nitrogens is 3. The Labute approximate surface area is 123 Å². The minimum Gasteiger partial charge on any atom is -0.351 e. The minimum atomic E-state index is 0.698. The molecule has 0 radical (unpaired) electrons. The first kappa shape index (κ1) is 14.5. The first-order valence-electron chi connectivity index (χ1n) is 6.40. The molecule has 0 bridgehead atoms. The number of thiazole rings is 1. The number of hydrogen-bond acceptors (Lipinski definition) is 4. The standard InChI is InChI=1S/C13H20N6S/c1-10-17-11(9-20-10)8-18(3)13(14-2)15-7-12-5-6-16-19(12)4/h5-6,9H,7-8H2,1-4H3,(H,14,15). The molecule has 2 aromatic rings. The zero-order valence-corrected chi connectivity index (χ0v) is 13.1. The zero-order chi connectivity index (χ0) is 14.5. The van der Waals surface area contributed by atoms with Crippen molar-refractivity contribution < 1.29 is 0 Å². The van der Waals surface area contributed by atoms with Crippen LogP contribution in [-0.4, -0.2) is 39.7 Å². The van der Waals surface area contributed by atoms with E-state index in [2.05, 4.69) is 30.7 Å². The van der Waals surface area contributed by atoms with Gasteiger partial charge >= 0.3 is 0 Å². The second-order valence-corrected chi connectivity index (χ2v) is 5.62. The molecule has 0 fully saturated rings. The minimum absolute atomic E-state index is 0.698. The third kappa shape index (κ3) is 3.57. The summed E-state index contributed by atoms with van der Waals surface area (Å²) < 4.78 is 1.85. The summed E-state index contributed by atoms with van der Waals surface area (Å²) in [6, 6.07) is 1.99. The Bertz CT molecular complexity index is 585. The van der Waals surface area contributed by atoms with Crippen LogP contribution in [0.25, 0.3) is 0 Å². The lowest BCUT2D eigenvalue weighted by Crippen LogP contribution is -2.38. The Morgan fingerprint density at radius 2 is 2.35 bits per heavy atom. The van der Waals surface area contributed by atoms with Crippen LogP contribution < -0.4 is 5.32 Å². The fourth-order valence-electron chi connectivity index (χ4n) is 1.93. The smallest absolute Gasteiger partial charge is 0.194 e. The van der Waals surface area contributed by atoms with Crippen molar-refractivity contribution >= 4 is 17.3 Å². The maximum atomic E-state index is 4.47. The lowest BCUT2D eigenvalue weighted by molar-refractivity contribution is 0.469. The van der Waals surface area contributed by atoms with E-state index in [1.807, 2.05) is 31.8 Å². The van der Waals surface area contributed by atoms with Gasteiger partial charge in [0, 0.05) is 32.7 Å². The molecule has 2 aromatic heterocycles. The molecule has 0 amide bonds. The first-order valence-corrected chi connectivity index (χ1v) is 7.27. The second kappa shape index (κ2) is 6.51. The third-order valence-corrected chi connectivity index (χ3v) is 3.81. The lowest BCUT2D eigenvalue weighted by Gasteiger charge is -2.21. The van der Waals surface area contributed by atoms with Gasteiger partial charge in [0.2, 0.25) is 0 Å². The monoisotopic (exact) mass is 292 g/mol. The highest BCUT2D eigenvalue weighted by Gasteiger charge is 2.09. The summed E-state index contributed by atoms with van der Waals surface area (Å²) in [5.74, 6) is 0.844. The first-order chi connectivity index (χ1) is 9.60. The Hall–Kier alpha value is -1.89. The molecule has 20 heavy (non-hydrogen) atoms. The molecule has 0 saturated heterocycles. The second-order valence-electron chi connectivity index (χ2n) is 4.56. The summed E-state index contributed by atoms with van der Waals surface area (Å²) in [4.78, 5) is 10.8. The molecule has 7 heteroatoms. The van der Waals surface area contributed by atoms with Gasteiger partial charge in [-0.25, -0.2) is 4.98 Å². The molecule has 1 N–H and O–H groups in total. The van der Waals surface area contributed by atoms with Crippen LogP contribution in [0.15, 0.2) is 22.6 Å². The van der Waals surface area contributed by atoms with E-state index >= 15 is 0 Å². The number of rotatable bonds is 4. The van der Waals surface area contributed by atoms with Crippen LogP contribution >= 0.6 is 11.3 Å². The van der Waals surface area contributed by atoms with Gasteiger partial charge in [-0.1, -0.05) is 0 Å². The van der Waals surface area contributed by atoms with Crippen molar-refractivity contribution in [1.29, 1.82) is 0 Å². The predicted molar refractivity (Wildman–Crippen MR) is 81.7 cm³/mol. The average Bonchev–Trinajstić information content (AvgIpc) is 3.00. The van der Waals surface area contributed by atoms with E-state index in [0.29, 0.717) is 6.54 Å². The topological polar surface area (TPSA) is 58.3 Å². The van der Waals surface area contributed by atoms with Crippen LogP contribution in [0.1, 0.15) is 16.4 Å². The SMILES string of the molecule is CN=C(NCc1ccnn1C)N(C)Cc1csc(C)n1. The summed E-state index contributed by atoms with van der Waals surface area (Å²) in [5, 5.41) is 10.7. The molecular weight excluding hydrogens is 272 g/mol. The van der Waals surface area contributed by atoms with Gasteiger partial charge in [0.1, 0.15) is 0 Å². The van der Waals surface area contributed by atoms with Crippen LogP contribution in [0.4, 0.5) is 0 Å². The molecule has 108 valence electrons. The van der Waals surface area contributed by atoms with Crippen LogP contribution in [0.5, 0.6) is 0 Å². The number of guanidine groups is 1. The molecule has 0 aliphatic rings. The molecule has 0 saturated carbocycles. The van der Waals surface area contributed by atoms with Gasteiger partial charge in [0.05, 0.1) is 29.5 Å². The molecule has 0 unspecified atom stereocenters. The van der Waals surface area contributed by atoms with Crippen LogP contribution in [0.2, 0.25) is 0 Å². The largest absolute Gasteiger partial charge is 0.351 e. The summed E-state index contributed by atoms with van der Waals surface area (Å²) >= 11 is 1.67. The molecule has 0 aliphatic heterocycles. The fraction of sp³-hybridized carbons (Fsp3) is 0.462. The Morgan fingerprint density at radius 1 is 1.55 bits per heavy atom. The Kier molecular flexibility index (Phi) is 4.73. The number of nitrogens with zero attached hydrogens (tertiary/aromatic N) is 5. The lowest BCUT2D eigenvalue weighted by atomic mass is 10.4. The molecule has 2 heterocycles. The molecule has 2 rings (SSSR count). The average molecular weight is 292 g/mol. The van der Waals surface area contributed by atoms with Gasteiger partial charge in [-0.15, -0.1) is 11.3 Å². The molecule has 0 aromatic carbocycles. The highest BCUT2D eigenvalue weighted by molar-refractivity contribution is 7.09. The normalized spacial score (nSPS) is 11.7. The summed E-state index contributed by atoms with van der Waals surface area (Å²) in [5.41, 5.74) is 2.18. The highest BCUT2D eigenvalue weighted by Crippen LogP contribution is 2.09. The molecule has 0 aliphatic carbocycles. The van der Waals surface area contributed by atoms with Gasteiger partial charge in [-0.3, -0.25) is 9.67 Å². The van der Waals surface area contributed by atoms with E-state index in [1.54, 1.807) is 24.6 Å². The van der Waals surface area contributed by atoms with E-state index < -0.39 is 0 Å². The Morgan fingerprint density at radius 3 is 2.90 bits per heavy atom. The quantitative estimate of drug-likeness (QED) is 0.683. The van der Waals surface area contributed by atoms with Crippen molar-refractivity contribution in [3.05, 3.63) is 34.0 Å². The van der Waals surface area contributed by atoms with E-state index in [0.717, 1.165) is 28.9 Å². The summed E-state index contributed by atoms with van der Waals surface area (Å²) in [6.45, 7) is 3.46. The van der Waals surface area contributed by atoms with E-state index in [1.165, 1.54) is 0 Å². The van der Waals surface area contributed by atoms with Gasteiger partial charge < -0.3 is 10.2 Å². The zero-order valence-electron chi connectivity index (χ0n) is 12.3. The Balaban J connectivity index is 1.93. The molecular formula is C13H20N6S. The van der Waals surface area contributed by atoms with Gasteiger partial charge in [0.15, 0.2) is 5.96 Å². The van der Waals surface area contributed by atoms with Crippen molar-refractivity contribution in [2.24, 2.45) is 12.0 Å². The number of aryl methyl sites for hydroxylation is 2. The van der Waals surface area contributed by atoms with Crippen molar-refractivity contribution in [1.82, 2.24) is 25.0 Å². The van der Waals surface area contributed by atoms with Crippen molar-refractivity contribution in [3.8, 4) is 0 Å². The fourth-order valence-corrected chi connectivity index (χ4v) is 2.53. The van der Waals surface area contributed by atoms with Gasteiger partial charge in [-0.05, 0) is 13.0 Å². The summed E-state index contributed by atoms with van der Waals surface area (Å²) in [6.07, 6.45) is 1.79. The van der Waals surface area contributed by atoms with E-state index in [9.17, 15) is 0 Å². The van der Waals surface area contributed by atoms with Gasteiger partial charge in [0.25, 0.3) is 0 Å². The van der Waals surface area contributed by atoms with Crippen LogP contribution in [0, 0.1) is 6.92 Å². The maximum absolute atomic E-state index is 4.47. The summed E-state index contributed by atoms with van der Waals surface area (Å²) in [7, 11) is 5.73. The number of hydrogen-bond donors (Lipinski definition) is 1. The highest BCUT2D eigenvalue weighted by atomic mass is 32.1. The van der Waals surface area contributed by atoms with Crippen LogP contribution in [-0.2, 0) is 20.1 Å². The molecule has 6 nitrogen and oxygen atoms in total. The van der Waals surface area contributed by atoms with Crippen LogP contribution in [0.3, 0.4) is 0 Å².